The lowest BCUT2D eigenvalue weighted by Gasteiger charge is -2.18. The molecule has 0 aromatic carbocycles. The minimum Gasteiger partial charge on any atom is -0.462 e. The Kier molecular flexibility index (Phi) is 56.0. The Bertz CT molecular complexity index is 1630. The highest BCUT2D eigenvalue weighted by Gasteiger charge is 2.19. The molecular formula is C67H106O6. The van der Waals surface area contributed by atoms with Crippen molar-refractivity contribution in [2.75, 3.05) is 13.2 Å². The molecule has 0 radical (unpaired) electrons. The third kappa shape index (κ3) is 58.1. The zero-order valence-corrected chi connectivity index (χ0v) is 46.8. The maximum Gasteiger partial charge on any atom is 0.306 e. The van der Waals surface area contributed by atoms with Gasteiger partial charge in [-0.2, -0.15) is 0 Å². The molecule has 0 heterocycles. The van der Waals surface area contributed by atoms with Gasteiger partial charge < -0.3 is 14.2 Å². The molecule has 6 heteroatoms. The van der Waals surface area contributed by atoms with Crippen LogP contribution in [0.1, 0.15) is 239 Å². The summed E-state index contributed by atoms with van der Waals surface area (Å²) in [6.45, 7) is 6.30. The monoisotopic (exact) mass is 1010 g/mol. The van der Waals surface area contributed by atoms with Crippen LogP contribution in [-0.2, 0) is 28.6 Å². The second-order valence-corrected chi connectivity index (χ2v) is 18.8. The van der Waals surface area contributed by atoms with E-state index in [9.17, 15) is 14.4 Å². The molecule has 0 rings (SSSR count). The van der Waals surface area contributed by atoms with E-state index in [1.165, 1.54) is 64.2 Å². The highest BCUT2D eigenvalue weighted by Crippen LogP contribution is 2.13. The highest BCUT2D eigenvalue weighted by molar-refractivity contribution is 5.71. The summed E-state index contributed by atoms with van der Waals surface area (Å²) in [4.78, 5) is 38.2. The maximum atomic E-state index is 12.9. The summed E-state index contributed by atoms with van der Waals surface area (Å²) in [5.41, 5.74) is 0. The molecule has 410 valence electrons. The molecule has 1 atom stereocenters. The van der Waals surface area contributed by atoms with Crippen LogP contribution in [-0.4, -0.2) is 37.2 Å². The lowest BCUT2D eigenvalue weighted by atomic mass is 10.1. The summed E-state index contributed by atoms with van der Waals surface area (Å²) < 4.78 is 16.8. The van der Waals surface area contributed by atoms with Crippen LogP contribution in [0.2, 0.25) is 0 Å². The number of carbonyl (C=O) groups is 3. The predicted molar refractivity (Wildman–Crippen MR) is 315 cm³/mol. The second kappa shape index (κ2) is 59.8. The van der Waals surface area contributed by atoms with E-state index in [1.54, 1.807) is 0 Å². The van der Waals surface area contributed by atoms with Crippen LogP contribution in [0.15, 0.2) is 146 Å². The molecule has 0 amide bonds. The predicted octanol–water partition coefficient (Wildman–Crippen LogP) is 20.0. The third-order valence-electron chi connectivity index (χ3n) is 11.8. The van der Waals surface area contributed by atoms with Crippen molar-refractivity contribution in [3.8, 4) is 0 Å². The Hall–Kier alpha value is -4.71. The summed E-state index contributed by atoms with van der Waals surface area (Å²) >= 11 is 0. The highest BCUT2D eigenvalue weighted by atomic mass is 16.6. The van der Waals surface area contributed by atoms with Gasteiger partial charge >= 0.3 is 17.9 Å². The van der Waals surface area contributed by atoms with Gasteiger partial charge in [0, 0.05) is 19.3 Å². The minimum absolute atomic E-state index is 0.118. The Balaban J connectivity index is 4.57. The van der Waals surface area contributed by atoms with Crippen molar-refractivity contribution in [3.63, 3.8) is 0 Å². The molecule has 0 fully saturated rings. The van der Waals surface area contributed by atoms with Gasteiger partial charge in [-0.3, -0.25) is 14.4 Å². The standard InChI is InChI=1S/C67H106O6/c1-4-7-10-13-16-19-22-25-28-31-33-36-39-42-45-48-51-54-57-60-66(69)72-63-64(62-71-65(68)59-56-53-50-47-44-41-38-35-30-27-24-21-18-15-12-9-6-3)73-67(70)61-58-55-52-49-46-43-40-37-34-32-29-26-23-20-17-14-11-8-5-2/h7,9-10,12,16-21,25-30,33-34,36-37,42,45,51,54,64H,4-6,8,11,13-15,22-24,31-32,35,38-41,43-44,46-50,52-53,55-63H2,1-3H3/b10-7-,12-9-,19-16-,20-17-,21-18-,28-25-,29-26-,30-27-,36-33-,37-34-,45-42-,54-51-. The van der Waals surface area contributed by atoms with Gasteiger partial charge in [0.05, 0.1) is 0 Å². The smallest absolute Gasteiger partial charge is 0.306 e. The minimum atomic E-state index is -0.828. The van der Waals surface area contributed by atoms with Crippen LogP contribution in [0.5, 0.6) is 0 Å². The van der Waals surface area contributed by atoms with Crippen molar-refractivity contribution in [1.82, 2.24) is 0 Å². The topological polar surface area (TPSA) is 78.9 Å². The number of allylic oxidation sites excluding steroid dienone is 24. The van der Waals surface area contributed by atoms with E-state index in [-0.39, 0.29) is 44.0 Å². The molecule has 6 nitrogen and oxygen atoms in total. The van der Waals surface area contributed by atoms with Crippen molar-refractivity contribution >= 4 is 17.9 Å². The Morgan fingerprint density at radius 2 is 0.562 bits per heavy atom. The molecule has 0 aromatic heterocycles. The van der Waals surface area contributed by atoms with Crippen LogP contribution in [0, 0.1) is 0 Å². The summed E-state index contributed by atoms with van der Waals surface area (Å²) in [5.74, 6) is -1.03. The second-order valence-electron chi connectivity index (χ2n) is 18.8. The summed E-state index contributed by atoms with van der Waals surface area (Å²) in [7, 11) is 0. The molecule has 0 aliphatic carbocycles. The van der Waals surface area contributed by atoms with E-state index in [2.05, 4.69) is 161 Å². The van der Waals surface area contributed by atoms with Gasteiger partial charge in [-0.25, -0.2) is 0 Å². The number of unbranched alkanes of at least 4 members (excludes halogenated alkanes) is 16. The van der Waals surface area contributed by atoms with Gasteiger partial charge in [-0.1, -0.05) is 237 Å². The first kappa shape index (κ1) is 68.3. The first-order valence-electron chi connectivity index (χ1n) is 29.3. The van der Waals surface area contributed by atoms with E-state index >= 15 is 0 Å². The Morgan fingerprint density at radius 3 is 0.918 bits per heavy atom. The molecule has 0 N–H and O–H groups in total. The fourth-order valence-electron chi connectivity index (χ4n) is 7.49. The van der Waals surface area contributed by atoms with Crippen molar-refractivity contribution in [3.05, 3.63) is 146 Å². The maximum absolute atomic E-state index is 12.9. The lowest BCUT2D eigenvalue weighted by Crippen LogP contribution is -2.30. The average Bonchev–Trinajstić information content (AvgIpc) is 3.39. The fourth-order valence-corrected chi connectivity index (χ4v) is 7.49. The van der Waals surface area contributed by atoms with E-state index in [4.69, 9.17) is 14.2 Å². The molecule has 0 saturated heterocycles. The molecule has 0 saturated carbocycles. The SMILES string of the molecule is CC/C=C\C/C=C\C/C=C\C/C=C\C/C=C\C/C=C\CCC(=O)OCC(COC(=O)CCCCCCCCC/C=C\C/C=C\C/C=C\CC)OC(=O)CCCCCCCC/C=C\C/C=C\C/C=C\CCCCC. The van der Waals surface area contributed by atoms with Crippen LogP contribution >= 0.6 is 0 Å². The molecule has 0 aliphatic heterocycles. The molecule has 73 heavy (non-hydrogen) atoms. The van der Waals surface area contributed by atoms with Gasteiger partial charge in [0.25, 0.3) is 0 Å². The molecule has 1 unspecified atom stereocenters. The van der Waals surface area contributed by atoms with Crippen LogP contribution in [0.4, 0.5) is 0 Å². The average molecular weight is 1010 g/mol. The number of hydrogen-bond donors (Lipinski definition) is 0. The number of hydrogen-bond acceptors (Lipinski definition) is 6. The van der Waals surface area contributed by atoms with Gasteiger partial charge in [0.2, 0.25) is 0 Å². The molecule has 0 aliphatic rings. The van der Waals surface area contributed by atoms with Gasteiger partial charge in [-0.15, -0.1) is 0 Å². The van der Waals surface area contributed by atoms with E-state index in [0.717, 1.165) is 128 Å². The molecule has 0 aromatic rings. The first-order chi connectivity index (χ1) is 36.0. The summed E-state index contributed by atoms with van der Waals surface area (Å²) in [6.07, 6.45) is 85.6. The molecule has 0 bridgehead atoms. The summed E-state index contributed by atoms with van der Waals surface area (Å²) in [5, 5.41) is 0. The quantitative estimate of drug-likeness (QED) is 0.0261. The molecule has 0 spiro atoms. The van der Waals surface area contributed by atoms with Crippen molar-refractivity contribution < 1.29 is 28.6 Å². The zero-order chi connectivity index (χ0) is 52.9. The fraction of sp³-hybridized carbons (Fsp3) is 0.597. The van der Waals surface area contributed by atoms with Crippen molar-refractivity contribution in [2.45, 2.75) is 245 Å². The van der Waals surface area contributed by atoms with Gasteiger partial charge in [-0.05, 0) is 128 Å². The van der Waals surface area contributed by atoms with E-state index in [0.29, 0.717) is 12.8 Å². The lowest BCUT2D eigenvalue weighted by molar-refractivity contribution is -0.166. The largest absolute Gasteiger partial charge is 0.462 e. The number of carbonyl (C=O) groups excluding carboxylic acids is 3. The number of ether oxygens (including phenoxy) is 3. The van der Waals surface area contributed by atoms with Crippen LogP contribution < -0.4 is 0 Å². The van der Waals surface area contributed by atoms with Gasteiger partial charge in [0.1, 0.15) is 13.2 Å². The number of rotatable bonds is 51. The van der Waals surface area contributed by atoms with Crippen LogP contribution in [0.25, 0.3) is 0 Å². The Labute approximate surface area is 448 Å². The van der Waals surface area contributed by atoms with Crippen molar-refractivity contribution in [2.24, 2.45) is 0 Å². The zero-order valence-electron chi connectivity index (χ0n) is 46.8. The van der Waals surface area contributed by atoms with Crippen LogP contribution in [0.3, 0.4) is 0 Å². The first-order valence-corrected chi connectivity index (χ1v) is 29.3. The Morgan fingerprint density at radius 1 is 0.288 bits per heavy atom. The van der Waals surface area contributed by atoms with E-state index < -0.39 is 6.10 Å². The molecular weight excluding hydrogens is 901 g/mol. The van der Waals surface area contributed by atoms with E-state index in [1.807, 2.05) is 6.08 Å². The normalized spacial score (nSPS) is 13.2. The summed E-state index contributed by atoms with van der Waals surface area (Å²) in [6, 6.07) is 0. The third-order valence-corrected chi connectivity index (χ3v) is 11.8. The van der Waals surface area contributed by atoms with Crippen molar-refractivity contribution in [1.29, 1.82) is 0 Å². The van der Waals surface area contributed by atoms with Gasteiger partial charge in [0.15, 0.2) is 6.10 Å². The number of esters is 3.